The molecular weight excluding hydrogens is 356 g/mol. The van der Waals surface area contributed by atoms with Gasteiger partial charge in [0.25, 0.3) is 0 Å². The predicted molar refractivity (Wildman–Crippen MR) is 123 cm³/mol. The van der Waals surface area contributed by atoms with Crippen molar-refractivity contribution in [1.29, 1.82) is 0 Å². The van der Waals surface area contributed by atoms with Gasteiger partial charge in [-0.15, -0.1) is 5.23 Å². The lowest BCUT2D eigenvalue weighted by atomic mass is 10.2. The highest BCUT2D eigenvalue weighted by Gasteiger charge is 2.44. The van der Waals surface area contributed by atoms with E-state index >= 15 is 0 Å². The summed E-state index contributed by atoms with van der Waals surface area (Å²) in [5.41, 5.74) is 0. The van der Waals surface area contributed by atoms with Crippen LogP contribution in [0.2, 0.25) is 54.4 Å². The van der Waals surface area contributed by atoms with Crippen molar-refractivity contribution in [3.05, 3.63) is 0 Å². The first-order valence-corrected chi connectivity index (χ1v) is 18.7. The SMILES string of the molecule is CC(C)(C)[Si](C)(C)NN(N[Si](C)(C)C(C)(C)C)N[Si](C)(C)C(C)(C)C. The van der Waals surface area contributed by atoms with Gasteiger partial charge in [0.05, 0.1) is 0 Å². The van der Waals surface area contributed by atoms with E-state index in [4.69, 9.17) is 0 Å². The summed E-state index contributed by atoms with van der Waals surface area (Å²) in [6.45, 7) is 35.7. The molecule has 7 heteroatoms. The van der Waals surface area contributed by atoms with Crippen LogP contribution < -0.4 is 15.3 Å². The molecule has 0 spiro atoms. The molecule has 0 fully saturated rings. The molecule has 4 nitrogen and oxygen atoms in total. The lowest BCUT2D eigenvalue weighted by molar-refractivity contribution is 0.150. The van der Waals surface area contributed by atoms with E-state index in [1.165, 1.54) is 0 Å². The maximum Gasteiger partial charge on any atom is 0.144 e. The fourth-order valence-corrected chi connectivity index (χ4v) is 4.78. The summed E-state index contributed by atoms with van der Waals surface area (Å²) in [5.74, 6) is 0. The summed E-state index contributed by atoms with van der Waals surface area (Å²) in [5, 5.41) is 14.7. The molecule has 0 aliphatic rings. The van der Waals surface area contributed by atoms with Gasteiger partial charge in [0.15, 0.2) is 0 Å². The molecule has 0 saturated carbocycles. The van der Waals surface area contributed by atoms with Crippen molar-refractivity contribution in [3.8, 4) is 0 Å². The quantitative estimate of drug-likeness (QED) is 0.385. The van der Waals surface area contributed by atoms with Crippen LogP contribution in [0.5, 0.6) is 0 Å². The van der Waals surface area contributed by atoms with Crippen LogP contribution in [-0.2, 0) is 0 Å². The molecule has 0 saturated heterocycles. The van der Waals surface area contributed by atoms with Crippen LogP contribution in [0.3, 0.4) is 0 Å². The monoisotopic (exact) mass is 404 g/mol. The van der Waals surface area contributed by atoms with E-state index in [-0.39, 0.29) is 15.1 Å². The van der Waals surface area contributed by atoms with Crippen LogP contribution in [0, 0.1) is 0 Å². The Bertz CT molecular complexity index is 374. The van der Waals surface area contributed by atoms with Crippen molar-refractivity contribution in [2.24, 2.45) is 0 Å². The Labute approximate surface area is 162 Å². The number of hydrazine groups is 3. The summed E-state index contributed by atoms with van der Waals surface area (Å²) in [4.78, 5) is 0. The molecule has 0 aliphatic carbocycles. The van der Waals surface area contributed by atoms with Gasteiger partial charge in [-0.3, -0.25) is 0 Å². The minimum atomic E-state index is -1.69. The van der Waals surface area contributed by atoms with Gasteiger partial charge in [0.2, 0.25) is 0 Å². The molecule has 0 atom stereocenters. The highest BCUT2D eigenvalue weighted by atomic mass is 28.3. The third-order valence-corrected chi connectivity index (χ3v) is 20.4. The average Bonchev–Trinajstić information content (AvgIpc) is 2.21. The van der Waals surface area contributed by atoms with Crippen molar-refractivity contribution in [3.63, 3.8) is 0 Å². The molecule has 0 amide bonds. The molecule has 0 rings (SSSR count). The smallest absolute Gasteiger partial charge is 0.144 e. The number of hydrogen-bond acceptors (Lipinski definition) is 4. The van der Waals surface area contributed by atoms with E-state index < -0.39 is 24.7 Å². The summed E-state index contributed by atoms with van der Waals surface area (Å²) < 4.78 is 0. The molecule has 0 aromatic carbocycles. The summed E-state index contributed by atoms with van der Waals surface area (Å²) in [6.07, 6.45) is 0. The van der Waals surface area contributed by atoms with Gasteiger partial charge in [-0.1, -0.05) is 102 Å². The minimum Gasteiger partial charge on any atom is -0.250 e. The molecule has 0 radical (unpaired) electrons. The molecule has 3 N–H and O–H groups in total. The average molecular weight is 405 g/mol. The van der Waals surface area contributed by atoms with E-state index in [0.29, 0.717) is 0 Å². The predicted octanol–water partition coefficient (Wildman–Crippen LogP) is 5.82. The van der Waals surface area contributed by atoms with Gasteiger partial charge in [-0.05, 0) is 15.1 Å². The van der Waals surface area contributed by atoms with Gasteiger partial charge >= 0.3 is 0 Å². The molecule has 0 aromatic heterocycles. The van der Waals surface area contributed by atoms with Crippen LogP contribution in [0.15, 0.2) is 0 Å². The first kappa shape index (κ1) is 25.5. The third-order valence-electron chi connectivity index (χ3n) is 6.80. The van der Waals surface area contributed by atoms with Gasteiger partial charge < -0.3 is 0 Å². The second kappa shape index (κ2) is 7.49. The molecule has 0 unspecified atom stereocenters. The third kappa shape index (κ3) is 6.86. The van der Waals surface area contributed by atoms with E-state index in [1.54, 1.807) is 0 Å². The zero-order valence-corrected chi connectivity index (χ0v) is 22.9. The Balaban J connectivity index is 5.70. The second-order valence-corrected chi connectivity index (χ2v) is 27.2. The van der Waals surface area contributed by atoms with Crippen LogP contribution in [0.25, 0.3) is 0 Å². The summed E-state index contributed by atoms with van der Waals surface area (Å²) in [7, 11) is -5.07. The van der Waals surface area contributed by atoms with E-state index in [0.717, 1.165) is 0 Å². The van der Waals surface area contributed by atoms with Crippen molar-refractivity contribution in [2.45, 2.75) is 117 Å². The van der Waals surface area contributed by atoms with Crippen LogP contribution in [0.1, 0.15) is 62.3 Å². The Hall–Kier alpha value is 0.491. The maximum absolute atomic E-state index is 3.91. The first-order chi connectivity index (χ1) is 10.5. The number of hydrogen-bond donors (Lipinski definition) is 3. The normalized spacial score (nSPS) is 15.8. The Morgan fingerprint density at radius 3 is 0.720 bits per heavy atom. The van der Waals surface area contributed by atoms with E-state index in [1.807, 2.05) is 0 Å². The number of nitrogens with zero attached hydrogens (tertiary/aromatic N) is 1. The first-order valence-electron chi connectivity index (χ1n) is 9.67. The zero-order valence-electron chi connectivity index (χ0n) is 19.9. The van der Waals surface area contributed by atoms with Gasteiger partial charge in [0.1, 0.15) is 24.7 Å². The topological polar surface area (TPSA) is 39.3 Å². The molecule has 0 aliphatic heterocycles. The molecular formula is C18H48N4Si3. The maximum atomic E-state index is 3.91. The molecule has 25 heavy (non-hydrogen) atoms. The standard InChI is InChI=1S/C18H48N4Si3/c1-16(2,3)23(10,11)19-22(20-24(12,13)17(4,5)6)21-25(14,15)18(7,8)9/h19-21H,1-15H3. The van der Waals surface area contributed by atoms with Crippen molar-refractivity contribution >= 4 is 24.7 Å². The number of rotatable bonds is 6. The second-order valence-electron chi connectivity index (χ2n) is 12.3. The lowest BCUT2D eigenvalue weighted by Crippen LogP contribution is -2.77. The summed E-state index contributed by atoms with van der Waals surface area (Å²) in [6, 6.07) is 0. The lowest BCUT2D eigenvalue weighted by Gasteiger charge is -2.50. The van der Waals surface area contributed by atoms with Gasteiger partial charge in [0, 0.05) is 0 Å². The molecule has 0 aromatic rings. The highest BCUT2D eigenvalue weighted by molar-refractivity contribution is 6.80. The highest BCUT2D eigenvalue weighted by Crippen LogP contribution is 2.37. The van der Waals surface area contributed by atoms with Crippen LogP contribution in [-0.4, -0.2) is 29.9 Å². The molecule has 0 bridgehead atoms. The number of nitrogens with one attached hydrogen (secondary N) is 3. The zero-order chi connectivity index (χ0) is 20.7. The summed E-state index contributed by atoms with van der Waals surface area (Å²) >= 11 is 0. The Morgan fingerprint density at radius 1 is 0.440 bits per heavy atom. The van der Waals surface area contributed by atoms with E-state index in [2.05, 4.69) is 122 Å². The van der Waals surface area contributed by atoms with Crippen LogP contribution >= 0.6 is 0 Å². The van der Waals surface area contributed by atoms with E-state index in [9.17, 15) is 0 Å². The van der Waals surface area contributed by atoms with Gasteiger partial charge in [-0.2, -0.15) is 0 Å². The Morgan fingerprint density at radius 2 is 0.600 bits per heavy atom. The van der Waals surface area contributed by atoms with Crippen molar-refractivity contribution < 1.29 is 0 Å². The van der Waals surface area contributed by atoms with Crippen molar-refractivity contribution in [1.82, 2.24) is 20.5 Å². The fraction of sp³-hybridized carbons (Fsp3) is 1.00. The minimum absolute atomic E-state index is 0.273. The fourth-order valence-electron chi connectivity index (χ4n) is 1.43. The molecule has 152 valence electrons. The Kier molecular flexibility index (Phi) is 7.63. The van der Waals surface area contributed by atoms with Crippen LogP contribution in [0.4, 0.5) is 0 Å². The van der Waals surface area contributed by atoms with Gasteiger partial charge in [-0.25, -0.2) is 15.3 Å². The largest absolute Gasteiger partial charge is 0.250 e. The van der Waals surface area contributed by atoms with Crippen molar-refractivity contribution in [2.75, 3.05) is 0 Å². The molecule has 0 heterocycles.